The second-order valence-electron chi connectivity index (χ2n) is 4.07. The van der Waals surface area contributed by atoms with Gasteiger partial charge in [-0.2, -0.15) is 0 Å². The van der Waals surface area contributed by atoms with Crippen molar-refractivity contribution in [1.82, 2.24) is 0 Å². The Bertz CT molecular complexity index is 317. The maximum atomic E-state index is 10.6. The minimum Gasteiger partial charge on any atom is -0.139 e. The fraction of sp³-hybridized carbons (Fsp3) is 0.455. The smallest absolute Gasteiger partial charge is 0.0114 e. The molecule has 0 aliphatic heterocycles. The van der Waals surface area contributed by atoms with Gasteiger partial charge in [-0.3, -0.25) is 0 Å². The third-order valence-corrected chi connectivity index (χ3v) is 4.11. The van der Waals surface area contributed by atoms with Gasteiger partial charge in [-0.15, -0.1) is 4.91 Å². The second-order valence-corrected chi connectivity index (χ2v) is 7.24. The van der Waals surface area contributed by atoms with Crippen molar-refractivity contribution in [2.75, 3.05) is 12.5 Å². The van der Waals surface area contributed by atoms with Crippen molar-refractivity contribution in [1.29, 1.82) is 0 Å². The number of nitroso groups, excluding NO2 is 1. The first kappa shape index (κ1) is 11.2. The van der Waals surface area contributed by atoms with E-state index in [4.69, 9.17) is 0 Å². The summed E-state index contributed by atoms with van der Waals surface area (Å²) in [4.78, 5) is 11.7. The molecular formula is C11H17NOS. The van der Waals surface area contributed by atoms with Gasteiger partial charge in [0.05, 0.1) is 0 Å². The van der Waals surface area contributed by atoms with Crippen molar-refractivity contribution in [3.05, 3.63) is 34.7 Å². The van der Waals surface area contributed by atoms with Gasteiger partial charge in [0.1, 0.15) is 0 Å². The highest BCUT2D eigenvalue weighted by molar-refractivity contribution is 8.31. The summed E-state index contributed by atoms with van der Waals surface area (Å²) in [6.45, 7) is 4.32. The highest BCUT2D eigenvalue weighted by Gasteiger charge is 2.14. The second kappa shape index (κ2) is 4.13. The first-order valence-electron chi connectivity index (χ1n) is 4.65. The van der Waals surface area contributed by atoms with E-state index in [0.29, 0.717) is 5.92 Å². The van der Waals surface area contributed by atoms with Gasteiger partial charge in [0.15, 0.2) is 0 Å². The van der Waals surface area contributed by atoms with Gasteiger partial charge < -0.3 is 0 Å². The van der Waals surface area contributed by atoms with E-state index in [-0.39, 0.29) is 0 Å². The summed E-state index contributed by atoms with van der Waals surface area (Å²) in [6, 6.07) is 8.21. The van der Waals surface area contributed by atoms with Gasteiger partial charge in [0.2, 0.25) is 0 Å². The monoisotopic (exact) mass is 211 g/mol. The third kappa shape index (κ3) is 2.35. The van der Waals surface area contributed by atoms with Crippen LogP contribution < -0.4 is 0 Å². The molecule has 0 amide bonds. The summed E-state index contributed by atoms with van der Waals surface area (Å²) in [5, 5.41) is 0. The molecule has 1 aromatic carbocycles. The van der Waals surface area contributed by atoms with Gasteiger partial charge >= 0.3 is 0 Å². The van der Waals surface area contributed by atoms with Crippen LogP contribution in [0, 0.1) is 4.91 Å². The van der Waals surface area contributed by atoms with Gasteiger partial charge in [0, 0.05) is 4.90 Å². The Morgan fingerprint density at radius 3 is 2.00 bits per heavy atom. The quantitative estimate of drug-likeness (QED) is 0.697. The summed E-state index contributed by atoms with van der Waals surface area (Å²) in [6.07, 6.45) is 3.81. The third-order valence-electron chi connectivity index (χ3n) is 2.31. The highest BCUT2D eigenvalue weighted by Crippen LogP contribution is 2.50. The van der Waals surface area contributed by atoms with E-state index in [1.807, 2.05) is 24.6 Å². The summed E-state index contributed by atoms with van der Waals surface area (Å²) in [7, 11) is -1.47. The number of nitrogens with zero attached hydrogens (tertiary/aromatic N) is 1. The van der Waals surface area contributed by atoms with Gasteiger partial charge in [0.25, 0.3) is 0 Å². The minimum absolute atomic E-state index is 0.534. The summed E-state index contributed by atoms with van der Waals surface area (Å²) >= 11 is 0. The average Bonchev–Trinajstić information content (AvgIpc) is 2.18. The predicted molar refractivity (Wildman–Crippen MR) is 64.0 cm³/mol. The van der Waals surface area contributed by atoms with Crippen molar-refractivity contribution in [3.8, 4) is 0 Å². The van der Waals surface area contributed by atoms with E-state index in [1.165, 1.54) is 5.56 Å². The predicted octanol–water partition coefficient (Wildman–Crippen LogP) is 3.91. The average molecular weight is 211 g/mol. The lowest BCUT2D eigenvalue weighted by Crippen LogP contribution is -1.93. The van der Waals surface area contributed by atoms with Crippen LogP contribution in [-0.4, -0.2) is 12.5 Å². The minimum atomic E-state index is -1.47. The lowest BCUT2D eigenvalue weighted by Gasteiger charge is -2.21. The van der Waals surface area contributed by atoms with Crippen molar-refractivity contribution in [3.63, 3.8) is 0 Å². The molecule has 0 atom stereocenters. The van der Waals surface area contributed by atoms with Crippen LogP contribution in [-0.2, 0) is 0 Å². The molecule has 3 heteroatoms. The molecule has 0 spiro atoms. The van der Waals surface area contributed by atoms with E-state index in [1.54, 1.807) is 0 Å². The molecule has 2 nitrogen and oxygen atoms in total. The molecule has 0 saturated heterocycles. The lowest BCUT2D eigenvalue weighted by atomic mass is 10.0. The zero-order valence-electron chi connectivity index (χ0n) is 9.15. The largest absolute Gasteiger partial charge is 0.139 e. The molecule has 0 saturated carbocycles. The van der Waals surface area contributed by atoms with Crippen molar-refractivity contribution in [2.45, 2.75) is 24.7 Å². The molecule has 0 aliphatic carbocycles. The van der Waals surface area contributed by atoms with Crippen LogP contribution in [0.3, 0.4) is 0 Å². The van der Waals surface area contributed by atoms with Crippen molar-refractivity contribution >= 4 is 10.2 Å². The van der Waals surface area contributed by atoms with Gasteiger partial charge in [-0.05, 0) is 40.7 Å². The van der Waals surface area contributed by atoms with Gasteiger partial charge in [-0.25, -0.2) is 0 Å². The summed E-state index contributed by atoms with van der Waals surface area (Å²) in [5.41, 5.74) is 1.30. The molecule has 0 aromatic heterocycles. The van der Waals surface area contributed by atoms with Crippen LogP contribution in [0.15, 0.2) is 33.7 Å². The lowest BCUT2D eigenvalue weighted by molar-refractivity contribution is 0.864. The molecule has 0 heterocycles. The number of benzene rings is 1. The maximum Gasteiger partial charge on any atom is 0.0114 e. The van der Waals surface area contributed by atoms with Crippen LogP contribution in [0.4, 0.5) is 0 Å². The molecule has 78 valence electrons. The first-order valence-corrected chi connectivity index (χ1v) is 7.06. The SMILES string of the molecule is CC(C)c1ccc(S(C)(C)N=O)cc1. The number of hydrogen-bond donors (Lipinski definition) is 0. The zero-order chi connectivity index (χ0) is 10.8. The molecule has 1 rings (SSSR count). The molecular weight excluding hydrogens is 194 g/mol. The Morgan fingerprint density at radius 2 is 1.64 bits per heavy atom. The van der Waals surface area contributed by atoms with Gasteiger partial charge in [-0.1, -0.05) is 36.2 Å². The van der Waals surface area contributed by atoms with E-state index in [2.05, 4.69) is 30.6 Å². The number of rotatable bonds is 3. The molecule has 0 N–H and O–H groups in total. The maximum absolute atomic E-state index is 10.6. The first-order chi connectivity index (χ1) is 6.47. The standard InChI is InChI=1S/C11H17NOS/c1-9(2)10-5-7-11(8-6-10)14(3,4)12-13/h5-9H,1-4H3. The van der Waals surface area contributed by atoms with E-state index in [9.17, 15) is 4.91 Å². The Kier molecular flexibility index (Phi) is 3.32. The summed E-state index contributed by atoms with van der Waals surface area (Å²) < 4.78 is 3.20. The van der Waals surface area contributed by atoms with E-state index >= 15 is 0 Å². The fourth-order valence-electron chi connectivity index (χ4n) is 1.23. The van der Waals surface area contributed by atoms with Crippen LogP contribution in [0.5, 0.6) is 0 Å². The van der Waals surface area contributed by atoms with Crippen molar-refractivity contribution in [2.24, 2.45) is 4.58 Å². The fourth-order valence-corrected chi connectivity index (χ4v) is 2.12. The highest BCUT2D eigenvalue weighted by atomic mass is 32.3. The molecule has 14 heavy (non-hydrogen) atoms. The molecule has 1 aromatic rings. The van der Waals surface area contributed by atoms with Crippen molar-refractivity contribution < 1.29 is 0 Å². The topological polar surface area (TPSA) is 29.4 Å². The van der Waals surface area contributed by atoms with E-state index < -0.39 is 10.2 Å². The Morgan fingerprint density at radius 1 is 1.14 bits per heavy atom. The van der Waals surface area contributed by atoms with E-state index in [0.717, 1.165) is 4.90 Å². The Balaban J connectivity index is 2.99. The molecule has 0 fully saturated rings. The van der Waals surface area contributed by atoms with Crippen LogP contribution in [0.1, 0.15) is 25.3 Å². The number of hydrogen-bond acceptors (Lipinski definition) is 2. The summed E-state index contributed by atoms with van der Waals surface area (Å²) in [5.74, 6) is 0.534. The Hall–Kier alpha value is -0.830. The molecule has 0 unspecified atom stereocenters. The molecule has 0 radical (unpaired) electrons. The molecule has 0 aliphatic rings. The Labute approximate surface area is 87.1 Å². The zero-order valence-corrected chi connectivity index (χ0v) is 9.97. The molecule has 0 bridgehead atoms. The van der Waals surface area contributed by atoms with Crippen LogP contribution in [0.2, 0.25) is 0 Å². The van der Waals surface area contributed by atoms with Crippen LogP contribution in [0.25, 0.3) is 0 Å². The van der Waals surface area contributed by atoms with Crippen LogP contribution >= 0.6 is 10.2 Å². The normalized spacial score (nSPS) is 12.9.